The van der Waals surface area contributed by atoms with Gasteiger partial charge >= 0.3 is 0 Å². The van der Waals surface area contributed by atoms with Gasteiger partial charge in [0.25, 0.3) is 0 Å². The van der Waals surface area contributed by atoms with Crippen molar-refractivity contribution in [1.82, 2.24) is 10.2 Å². The van der Waals surface area contributed by atoms with E-state index in [1.165, 1.54) is 0 Å². The summed E-state index contributed by atoms with van der Waals surface area (Å²) in [6.45, 7) is 4.21. The number of halogens is 1. The largest absolute Gasteiger partial charge is 0.352 e. The van der Waals surface area contributed by atoms with Gasteiger partial charge in [-0.05, 0) is 49.9 Å². The second kappa shape index (κ2) is 9.93. The van der Waals surface area contributed by atoms with E-state index in [9.17, 15) is 9.59 Å². The summed E-state index contributed by atoms with van der Waals surface area (Å²) >= 11 is 5.99. The molecule has 2 amide bonds. The molecule has 1 saturated carbocycles. The Labute approximate surface area is 178 Å². The van der Waals surface area contributed by atoms with Crippen molar-refractivity contribution in [3.63, 3.8) is 0 Å². The fourth-order valence-corrected chi connectivity index (χ4v) is 3.87. The van der Waals surface area contributed by atoms with Crippen LogP contribution in [0, 0.1) is 6.92 Å². The van der Waals surface area contributed by atoms with E-state index in [-0.39, 0.29) is 24.3 Å². The smallest absolute Gasteiger partial charge is 0.242 e. The number of benzene rings is 2. The minimum absolute atomic E-state index is 0.0575. The molecular weight excluding hydrogens is 384 g/mol. The van der Waals surface area contributed by atoms with Gasteiger partial charge in [0, 0.05) is 17.6 Å². The summed E-state index contributed by atoms with van der Waals surface area (Å²) in [6.07, 6.45) is 4.62. The summed E-state index contributed by atoms with van der Waals surface area (Å²) < 4.78 is 0. The Bertz CT molecular complexity index is 827. The Morgan fingerprint density at radius 1 is 1.03 bits per heavy atom. The molecule has 0 spiro atoms. The number of nitrogens with one attached hydrogen (secondary N) is 1. The molecule has 2 aromatic rings. The van der Waals surface area contributed by atoms with Crippen molar-refractivity contribution < 1.29 is 9.59 Å². The van der Waals surface area contributed by atoms with Gasteiger partial charge in [0.2, 0.25) is 11.8 Å². The van der Waals surface area contributed by atoms with E-state index >= 15 is 0 Å². The Kier molecular flexibility index (Phi) is 7.32. The normalized spacial score (nSPS) is 15.1. The standard InChI is InChI=1S/C24H29ClN2O2/c1-17-7-9-19(10-8-17)15-23(28)27(16-20-11-13-21(25)14-12-20)18(2)24(29)26-22-5-3-4-6-22/h7-14,18,22H,3-6,15-16H2,1-2H3,(H,26,29)/t18-/m1/s1. The van der Waals surface area contributed by atoms with E-state index in [2.05, 4.69) is 5.32 Å². The lowest BCUT2D eigenvalue weighted by molar-refractivity contribution is -0.140. The first-order chi connectivity index (χ1) is 13.9. The monoisotopic (exact) mass is 412 g/mol. The van der Waals surface area contributed by atoms with Crippen LogP contribution in [0.4, 0.5) is 0 Å². The molecule has 29 heavy (non-hydrogen) atoms. The highest BCUT2D eigenvalue weighted by molar-refractivity contribution is 6.30. The van der Waals surface area contributed by atoms with Crippen LogP contribution < -0.4 is 5.32 Å². The molecule has 1 fully saturated rings. The first kappa shape index (κ1) is 21.4. The SMILES string of the molecule is Cc1ccc(CC(=O)N(Cc2ccc(Cl)cc2)[C@H](C)C(=O)NC2CCCC2)cc1. The molecule has 0 aliphatic heterocycles. The highest BCUT2D eigenvalue weighted by Crippen LogP contribution is 2.19. The Balaban J connectivity index is 1.75. The van der Waals surface area contributed by atoms with Crippen molar-refractivity contribution in [1.29, 1.82) is 0 Å². The summed E-state index contributed by atoms with van der Waals surface area (Å²) in [4.78, 5) is 27.7. The lowest BCUT2D eigenvalue weighted by Gasteiger charge is -2.30. The van der Waals surface area contributed by atoms with Gasteiger partial charge in [-0.25, -0.2) is 0 Å². The maximum absolute atomic E-state index is 13.2. The lowest BCUT2D eigenvalue weighted by Crippen LogP contribution is -2.50. The number of hydrogen-bond acceptors (Lipinski definition) is 2. The van der Waals surface area contributed by atoms with Crippen LogP contribution >= 0.6 is 11.6 Å². The number of hydrogen-bond donors (Lipinski definition) is 1. The van der Waals surface area contributed by atoms with Crippen molar-refractivity contribution in [3.8, 4) is 0 Å². The third kappa shape index (κ3) is 6.07. The zero-order valence-corrected chi connectivity index (χ0v) is 17.9. The first-order valence-electron chi connectivity index (χ1n) is 10.3. The van der Waals surface area contributed by atoms with Gasteiger partial charge in [0.15, 0.2) is 0 Å². The van der Waals surface area contributed by atoms with Gasteiger partial charge < -0.3 is 10.2 Å². The van der Waals surface area contributed by atoms with Crippen LogP contribution in [0.5, 0.6) is 0 Å². The molecule has 1 aliphatic rings. The molecule has 4 nitrogen and oxygen atoms in total. The zero-order valence-electron chi connectivity index (χ0n) is 17.2. The third-order valence-electron chi connectivity index (χ3n) is 5.61. The van der Waals surface area contributed by atoms with E-state index < -0.39 is 6.04 Å². The van der Waals surface area contributed by atoms with E-state index in [0.717, 1.165) is 42.4 Å². The number of aryl methyl sites for hydroxylation is 1. The molecule has 0 radical (unpaired) electrons. The van der Waals surface area contributed by atoms with E-state index in [1.807, 2.05) is 62.4 Å². The number of amides is 2. The van der Waals surface area contributed by atoms with Crippen molar-refractivity contribution in [2.45, 2.75) is 64.6 Å². The highest BCUT2D eigenvalue weighted by Gasteiger charge is 2.28. The molecule has 1 atom stereocenters. The van der Waals surface area contributed by atoms with Crippen molar-refractivity contribution in [2.24, 2.45) is 0 Å². The minimum Gasteiger partial charge on any atom is -0.352 e. The maximum Gasteiger partial charge on any atom is 0.242 e. The zero-order chi connectivity index (χ0) is 20.8. The molecule has 0 heterocycles. The molecule has 1 N–H and O–H groups in total. The van der Waals surface area contributed by atoms with Crippen LogP contribution in [0.15, 0.2) is 48.5 Å². The summed E-state index contributed by atoms with van der Waals surface area (Å²) in [7, 11) is 0. The molecule has 154 valence electrons. The second-order valence-electron chi connectivity index (χ2n) is 7.98. The van der Waals surface area contributed by atoms with Crippen molar-refractivity contribution in [2.75, 3.05) is 0 Å². The summed E-state index contributed by atoms with van der Waals surface area (Å²) in [6, 6.07) is 15.1. The van der Waals surface area contributed by atoms with Crippen LogP contribution in [0.25, 0.3) is 0 Å². The summed E-state index contributed by atoms with van der Waals surface area (Å²) in [5.41, 5.74) is 3.06. The maximum atomic E-state index is 13.2. The average molecular weight is 413 g/mol. The van der Waals surface area contributed by atoms with Gasteiger partial charge in [-0.3, -0.25) is 9.59 Å². The molecular formula is C24H29ClN2O2. The molecule has 2 aromatic carbocycles. The van der Waals surface area contributed by atoms with Gasteiger partial charge in [-0.2, -0.15) is 0 Å². The molecule has 3 rings (SSSR count). The number of carbonyl (C=O) groups excluding carboxylic acids is 2. The van der Waals surface area contributed by atoms with E-state index in [1.54, 1.807) is 4.90 Å². The fraction of sp³-hybridized carbons (Fsp3) is 0.417. The number of nitrogens with zero attached hydrogens (tertiary/aromatic N) is 1. The first-order valence-corrected chi connectivity index (χ1v) is 10.7. The lowest BCUT2D eigenvalue weighted by atomic mass is 10.1. The predicted octanol–water partition coefficient (Wildman–Crippen LogP) is 4.67. The topological polar surface area (TPSA) is 49.4 Å². The van der Waals surface area contributed by atoms with Crippen LogP contribution in [-0.4, -0.2) is 28.8 Å². The van der Waals surface area contributed by atoms with Crippen LogP contribution in [0.2, 0.25) is 5.02 Å². The summed E-state index contributed by atoms with van der Waals surface area (Å²) in [5.74, 6) is -0.138. The summed E-state index contributed by atoms with van der Waals surface area (Å²) in [5, 5.41) is 3.78. The quantitative estimate of drug-likeness (QED) is 0.718. The van der Waals surface area contributed by atoms with Gasteiger partial charge in [0.05, 0.1) is 6.42 Å². The molecule has 0 saturated heterocycles. The van der Waals surface area contributed by atoms with Gasteiger partial charge in [-0.1, -0.05) is 66.4 Å². The molecule has 1 aliphatic carbocycles. The molecule has 5 heteroatoms. The molecule has 0 aromatic heterocycles. The minimum atomic E-state index is -0.538. The van der Waals surface area contributed by atoms with Crippen molar-refractivity contribution >= 4 is 23.4 Å². The fourth-order valence-electron chi connectivity index (χ4n) is 3.74. The Hall–Kier alpha value is -2.33. The predicted molar refractivity (Wildman–Crippen MR) is 117 cm³/mol. The van der Waals surface area contributed by atoms with Gasteiger partial charge in [-0.15, -0.1) is 0 Å². The second-order valence-corrected chi connectivity index (χ2v) is 8.41. The van der Waals surface area contributed by atoms with Gasteiger partial charge in [0.1, 0.15) is 6.04 Å². The van der Waals surface area contributed by atoms with Crippen LogP contribution in [0.1, 0.15) is 49.3 Å². The van der Waals surface area contributed by atoms with E-state index in [4.69, 9.17) is 11.6 Å². The Morgan fingerprint density at radius 2 is 1.62 bits per heavy atom. The number of rotatable bonds is 7. The van der Waals surface area contributed by atoms with E-state index in [0.29, 0.717) is 11.6 Å². The van der Waals surface area contributed by atoms with Crippen LogP contribution in [-0.2, 0) is 22.6 Å². The molecule has 0 unspecified atom stereocenters. The molecule has 0 bridgehead atoms. The average Bonchev–Trinajstić information content (AvgIpc) is 3.21. The van der Waals surface area contributed by atoms with Crippen molar-refractivity contribution in [3.05, 3.63) is 70.2 Å². The highest BCUT2D eigenvalue weighted by atomic mass is 35.5. The van der Waals surface area contributed by atoms with Crippen LogP contribution in [0.3, 0.4) is 0 Å². The Morgan fingerprint density at radius 3 is 2.24 bits per heavy atom. The number of carbonyl (C=O) groups is 2. The third-order valence-corrected chi connectivity index (χ3v) is 5.86.